The first-order valence-corrected chi connectivity index (χ1v) is 7.60. The van der Waals surface area contributed by atoms with E-state index in [4.69, 9.17) is 4.74 Å². The minimum absolute atomic E-state index is 0.565. The third-order valence-corrected chi connectivity index (χ3v) is 3.85. The van der Waals surface area contributed by atoms with Crippen molar-refractivity contribution < 1.29 is 4.74 Å². The van der Waals surface area contributed by atoms with Gasteiger partial charge in [-0.1, -0.05) is 13.3 Å². The molecule has 1 aliphatic heterocycles. The molecule has 5 heteroatoms. The van der Waals surface area contributed by atoms with E-state index in [2.05, 4.69) is 27.1 Å². The summed E-state index contributed by atoms with van der Waals surface area (Å²) in [5.74, 6) is 1.68. The maximum absolute atomic E-state index is 5.31. The van der Waals surface area contributed by atoms with Crippen molar-refractivity contribution in [3.63, 3.8) is 0 Å². The van der Waals surface area contributed by atoms with Gasteiger partial charge in [-0.05, 0) is 32.7 Å². The van der Waals surface area contributed by atoms with E-state index >= 15 is 0 Å². The number of rotatable bonds is 6. The van der Waals surface area contributed by atoms with Crippen LogP contribution in [0.3, 0.4) is 0 Å². The Morgan fingerprint density at radius 1 is 1.40 bits per heavy atom. The van der Waals surface area contributed by atoms with E-state index in [1.165, 1.54) is 19.3 Å². The van der Waals surface area contributed by atoms with Crippen LogP contribution in [0.1, 0.15) is 38.2 Å². The number of nitrogens with zero attached hydrogens (tertiary/aromatic N) is 3. The molecule has 5 nitrogen and oxygen atoms in total. The van der Waals surface area contributed by atoms with Crippen LogP contribution in [-0.2, 0) is 0 Å². The predicted molar refractivity (Wildman–Crippen MR) is 81.5 cm³/mol. The first-order chi connectivity index (χ1) is 9.76. The topological polar surface area (TPSA) is 50.3 Å². The standard InChI is InChI=1S/C15H26N4O/c1-4-9-19(10-13-7-5-6-8-16-13)14-12(2)15(20-3)18-11-17-14/h11,13,16H,4-10H2,1-3H3. The number of hydrogen-bond donors (Lipinski definition) is 1. The summed E-state index contributed by atoms with van der Waals surface area (Å²) in [4.78, 5) is 11.0. The zero-order chi connectivity index (χ0) is 14.4. The van der Waals surface area contributed by atoms with Crippen molar-refractivity contribution in [2.75, 3.05) is 31.6 Å². The Kier molecular flexibility index (Phi) is 5.59. The minimum Gasteiger partial charge on any atom is -0.481 e. The van der Waals surface area contributed by atoms with Crippen LogP contribution >= 0.6 is 0 Å². The van der Waals surface area contributed by atoms with Gasteiger partial charge in [0.25, 0.3) is 0 Å². The van der Waals surface area contributed by atoms with Crippen LogP contribution in [0.2, 0.25) is 0 Å². The normalized spacial score (nSPS) is 18.9. The molecule has 0 spiro atoms. The number of hydrogen-bond acceptors (Lipinski definition) is 5. The van der Waals surface area contributed by atoms with Crippen LogP contribution < -0.4 is 15.0 Å². The molecule has 2 heterocycles. The van der Waals surface area contributed by atoms with E-state index < -0.39 is 0 Å². The predicted octanol–water partition coefficient (Wildman–Crippen LogP) is 2.15. The van der Waals surface area contributed by atoms with Crippen molar-refractivity contribution in [1.29, 1.82) is 0 Å². The third-order valence-electron chi connectivity index (χ3n) is 3.85. The van der Waals surface area contributed by atoms with Gasteiger partial charge in [0.15, 0.2) is 0 Å². The fraction of sp³-hybridized carbons (Fsp3) is 0.733. The van der Waals surface area contributed by atoms with Crippen LogP contribution in [0.25, 0.3) is 0 Å². The maximum atomic E-state index is 5.31. The quantitative estimate of drug-likeness (QED) is 0.864. The SMILES string of the molecule is CCCN(CC1CCCCN1)c1ncnc(OC)c1C. The zero-order valence-electron chi connectivity index (χ0n) is 12.9. The molecule has 0 amide bonds. The van der Waals surface area contributed by atoms with Gasteiger partial charge >= 0.3 is 0 Å². The highest BCUT2D eigenvalue weighted by molar-refractivity contribution is 5.50. The van der Waals surface area contributed by atoms with Crippen molar-refractivity contribution in [3.8, 4) is 5.88 Å². The molecule has 0 bridgehead atoms. The lowest BCUT2D eigenvalue weighted by Crippen LogP contribution is -2.44. The lowest BCUT2D eigenvalue weighted by Gasteiger charge is -2.32. The van der Waals surface area contributed by atoms with E-state index in [1.807, 2.05) is 6.92 Å². The molecular weight excluding hydrogens is 252 g/mol. The lowest BCUT2D eigenvalue weighted by atomic mass is 10.0. The number of methoxy groups -OCH3 is 1. The van der Waals surface area contributed by atoms with Gasteiger partial charge in [0.05, 0.1) is 12.7 Å². The van der Waals surface area contributed by atoms with Crippen molar-refractivity contribution in [1.82, 2.24) is 15.3 Å². The van der Waals surface area contributed by atoms with Gasteiger partial charge in [0, 0.05) is 19.1 Å². The van der Waals surface area contributed by atoms with Gasteiger partial charge in [-0.2, -0.15) is 0 Å². The first kappa shape index (κ1) is 15.0. The minimum atomic E-state index is 0.565. The van der Waals surface area contributed by atoms with E-state index in [1.54, 1.807) is 13.4 Å². The molecule has 1 aromatic heterocycles. The summed E-state index contributed by atoms with van der Waals surface area (Å²) in [5.41, 5.74) is 1.03. The van der Waals surface area contributed by atoms with Crippen LogP contribution in [0, 0.1) is 6.92 Å². The van der Waals surface area contributed by atoms with Crippen molar-refractivity contribution in [3.05, 3.63) is 11.9 Å². The number of anilines is 1. The Balaban J connectivity index is 2.14. The van der Waals surface area contributed by atoms with Crippen molar-refractivity contribution in [2.24, 2.45) is 0 Å². The largest absolute Gasteiger partial charge is 0.481 e. The molecule has 0 aromatic carbocycles. The number of ether oxygens (including phenoxy) is 1. The van der Waals surface area contributed by atoms with Gasteiger partial charge in [-0.25, -0.2) is 9.97 Å². The molecule has 1 aliphatic rings. The highest BCUT2D eigenvalue weighted by Gasteiger charge is 2.20. The lowest BCUT2D eigenvalue weighted by molar-refractivity contribution is 0.389. The second-order valence-corrected chi connectivity index (χ2v) is 5.42. The molecule has 1 atom stereocenters. The third kappa shape index (κ3) is 3.60. The van der Waals surface area contributed by atoms with Crippen molar-refractivity contribution >= 4 is 5.82 Å². The Morgan fingerprint density at radius 3 is 2.90 bits per heavy atom. The molecule has 112 valence electrons. The summed E-state index contributed by atoms with van der Waals surface area (Å²) < 4.78 is 5.31. The highest BCUT2D eigenvalue weighted by atomic mass is 16.5. The summed E-state index contributed by atoms with van der Waals surface area (Å²) in [6.45, 7) is 7.39. The summed E-state index contributed by atoms with van der Waals surface area (Å²) >= 11 is 0. The Labute approximate surface area is 121 Å². The fourth-order valence-corrected chi connectivity index (χ4v) is 2.85. The Morgan fingerprint density at radius 2 is 2.25 bits per heavy atom. The average molecular weight is 278 g/mol. The van der Waals surface area contributed by atoms with Crippen molar-refractivity contribution in [2.45, 2.75) is 45.6 Å². The molecule has 20 heavy (non-hydrogen) atoms. The molecule has 1 fully saturated rings. The zero-order valence-corrected chi connectivity index (χ0v) is 12.9. The van der Waals surface area contributed by atoms with Gasteiger partial charge < -0.3 is 15.0 Å². The number of nitrogens with one attached hydrogen (secondary N) is 1. The average Bonchev–Trinajstić information content (AvgIpc) is 2.48. The molecule has 1 saturated heterocycles. The molecule has 0 radical (unpaired) electrons. The molecular formula is C15H26N4O. The maximum Gasteiger partial charge on any atom is 0.221 e. The number of piperidine rings is 1. The molecule has 1 unspecified atom stereocenters. The van der Waals surface area contributed by atoms with Crippen LogP contribution in [0.5, 0.6) is 5.88 Å². The van der Waals surface area contributed by atoms with E-state index in [0.29, 0.717) is 11.9 Å². The van der Waals surface area contributed by atoms with Crippen LogP contribution in [0.15, 0.2) is 6.33 Å². The van der Waals surface area contributed by atoms with Gasteiger partial charge in [-0.15, -0.1) is 0 Å². The Bertz CT molecular complexity index is 418. The fourth-order valence-electron chi connectivity index (χ4n) is 2.85. The summed E-state index contributed by atoms with van der Waals surface area (Å²) in [6.07, 6.45) is 6.58. The summed E-state index contributed by atoms with van der Waals surface area (Å²) in [6, 6.07) is 0.565. The van der Waals surface area contributed by atoms with E-state index in [-0.39, 0.29) is 0 Å². The smallest absolute Gasteiger partial charge is 0.221 e. The molecule has 1 N–H and O–H groups in total. The van der Waals surface area contributed by atoms with E-state index in [9.17, 15) is 0 Å². The molecule has 1 aromatic rings. The monoisotopic (exact) mass is 278 g/mol. The molecule has 0 saturated carbocycles. The van der Waals surface area contributed by atoms with Crippen LogP contribution in [0.4, 0.5) is 5.82 Å². The second-order valence-electron chi connectivity index (χ2n) is 5.42. The summed E-state index contributed by atoms with van der Waals surface area (Å²) in [7, 11) is 1.66. The van der Waals surface area contributed by atoms with Gasteiger partial charge in [0.1, 0.15) is 12.1 Å². The van der Waals surface area contributed by atoms with Crippen LogP contribution in [-0.4, -0.2) is 42.8 Å². The highest BCUT2D eigenvalue weighted by Crippen LogP contribution is 2.24. The molecule has 0 aliphatic carbocycles. The second kappa shape index (κ2) is 7.43. The molecule has 2 rings (SSSR count). The van der Waals surface area contributed by atoms with Gasteiger partial charge in [0.2, 0.25) is 5.88 Å². The van der Waals surface area contributed by atoms with Gasteiger partial charge in [-0.3, -0.25) is 0 Å². The first-order valence-electron chi connectivity index (χ1n) is 7.60. The number of aromatic nitrogens is 2. The Hall–Kier alpha value is -1.36. The van der Waals surface area contributed by atoms with E-state index in [0.717, 1.165) is 37.4 Å². The summed E-state index contributed by atoms with van der Waals surface area (Å²) in [5, 5.41) is 3.61.